The summed E-state index contributed by atoms with van der Waals surface area (Å²) in [5, 5.41) is 18.7. The standard InChI is InChI=1S/C17H12ClF4N3O/c18-12-6-24-10(5-23)4-9(12)7-25-8-17(21,22)14-11(15(26)16(19)20)2-1-3-13(14)25/h1-4,6,15-16,26H,7-8H2. The first-order valence-electron chi connectivity index (χ1n) is 7.51. The Labute approximate surface area is 151 Å². The van der Waals surface area contributed by atoms with Crippen LogP contribution in [0.4, 0.5) is 23.2 Å². The van der Waals surface area contributed by atoms with Crippen LogP contribution in [-0.2, 0) is 12.5 Å². The van der Waals surface area contributed by atoms with Crippen molar-refractivity contribution in [2.75, 3.05) is 11.4 Å². The number of aliphatic hydroxyl groups excluding tert-OH is 1. The monoisotopic (exact) mass is 385 g/mol. The van der Waals surface area contributed by atoms with Crippen molar-refractivity contribution in [3.05, 3.63) is 57.9 Å². The minimum Gasteiger partial charge on any atom is -0.382 e. The summed E-state index contributed by atoms with van der Waals surface area (Å²) >= 11 is 6.03. The maximum absolute atomic E-state index is 14.5. The molecule has 1 aliphatic heterocycles. The van der Waals surface area contributed by atoms with E-state index in [-0.39, 0.29) is 22.9 Å². The first-order chi connectivity index (χ1) is 12.2. The fraction of sp³-hybridized carbons (Fsp3) is 0.294. The Morgan fingerprint density at radius 3 is 2.77 bits per heavy atom. The molecule has 26 heavy (non-hydrogen) atoms. The number of nitriles is 1. The number of nitrogens with zero attached hydrogens (tertiary/aromatic N) is 3. The van der Waals surface area contributed by atoms with Gasteiger partial charge in [-0.1, -0.05) is 23.7 Å². The zero-order chi connectivity index (χ0) is 19.1. The lowest BCUT2D eigenvalue weighted by atomic mass is 9.98. The molecule has 2 heterocycles. The van der Waals surface area contributed by atoms with E-state index >= 15 is 0 Å². The highest BCUT2D eigenvalue weighted by molar-refractivity contribution is 6.31. The number of benzene rings is 1. The van der Waals surface area contributed by atoms with E-state index < -0.39 is 36.1 Å². The van der Waals surface area contributed by atoms with Crippen molar-refractivity contribution in [3.63, 3.8) is 0 Å². The van der Waals surface area contributed by atoms with E-state index in [1.807, 2.05) is 6.07 Å². The number of fused-ring (bicyclic) bond motifs is 1. The number of rotatable bonds is 4. The highest BCUT2D eigenvalue weighted by Crippen LogP contribution is 2.47. The largest absolute Gasteiger partial charge is 0.382 e. The van der Waals surface area contributed by atoms with Crippen molar-refractivity contribution in [1.29, 1.82) is 5.26 Å². The van der Waals surface area contributed by atoms with Gasteiger partial charge in [-0.15, -0.1) is 0 Å². The molecule has 0 aliphatic carbocycles. The summed E-state index contributed by atoms with van der Waals surface area (Å²) in [7, 11) is 0. The van der Waals surface area contributed by atoms with Gasteiger partial charge in [0.15, 0.2) is 0 Å². The van der Waals surface area contributed by atoms with Crippen molar-refractivity contribution < 1.29 is 22.7 Å². The second kappa shape index (κ2) is 6.74. The van der Waals surface area contributed by atoms with Crippen LogP contribution in [0.3, 0.4) is 0 Å². The minimum atomic E-state index is -3.42. The summed E-state index contributed by atoms with van der Waals surface area (Å²) in [6.07, 6.45) is -4.23. The predicted molar refractivity (Wildman–Crippen MR) is 86.3 cm³/mol. The molecule has 0 saturated heterocycles. The van der Waals surface area contributed by atoms with E-state index in [2.05, 4.69) is 4.98 Å². The zero-order valence-electron chi connectivity index (χ0n) is 13.1. The highest BCUT2D eigenvalue weighted by Gasteiger charge is 2.47. The molecule has 1 atom stereocenters. The van der Waals surface area contributed by atoms with Gasteiger partial charge in [0.05, 0.1) is 17.1 Å². The van der Waals surface area contributed by atoms with Crippen LogP contribution in [0, 0.1) is 11.3 Å². The Hall–Kier alpha value is -2.37. The molecule has 4 nitrogen and oxygen atoms in total. The van der Waals surface area contributed by atoms with Crippen LogP contribution < -0.4 is 4.90 Å². The number of aromatic nitrogens is 1. The molecule has 1 aromatic carbocycles. The predicted octanol–water partition coefficient (Wildman–Crippen LogP) is 4.02. The first-order valence-corrected chi connectivity index (χ1v) is 7.89. The molecule has 0 amide bonds. The summed E-state index contributed by atoms with van der Waals surface area (Å²) in [6.45, 7) is -0.817. The molecule has 1 aliphatic rings. The maximum Gasteiger partial charge on any atom is 0.292 e. The molecule has 0 fully saturated rings. The van der Waals surface area contributed by atoms with Crippen LogP contribution in [0.5, 0.6) is 0 Å². The smallest absolute Gasteiger partial charge is 0.292 e. The van der Waals surface area contributed by atoms with Gasteiger partial charge in [-0.3, -0.25) is 0 Å². The van der Waals surface area contributed by atoms with E-state index in [1.54, 1.807) is 0 Å². The lowest BCUT2D eigenvalue weighted by Crippen LogP contribution is -2.27. The second-order valence-corrected chi connectivity index (χ2v) is 6.26. The number of anilines is 1. The van der Waals surface area contributed by atoms with Gasteiger partial charge in [0.2, 0.25) is 0 Å². The average molecular weight is 386 g/mol. The fourth-order valence-electron chi connectivity index (χ4n) is 3.02. The van der Waals surface area contributed by atoms with E-state index in [4.69, 9.17) is 16.9 Å². The lowest BCUT2D eigenvalue weighted by Gasteiger charge is -2.20. The molecule has 0 saturated carbocycles. The quantitative estimate of drug-likeness (QED) is 0.808. The number of halogens is 5. The van der Waals surface area contributed by atoms with Crippen molar-refractivity contribution in [1.82, 2.24) is 4.98 Å². The van der Waals surface area contributed by atoms with Gasteiger partial charge in [0.25, 0.3) is 12.3 Å². The number of pyridine rings is 1. The number of hydrogen-bond donors (Lipinski definition) is 1. The Morgan fingerprint density at radius 1 is 1.38 bits per heavy atom. The molecule has 1 unspecified atom stereocenters. The van der Waals surface area contributed by atoms with Crippen molar-refractivity contribution >= 4 is 17.3 Å². The minimum absolute atomic E-state index is 0.0404. The Morgan fingerprint density at radius 2 is 2.12 bits per heavy atom. The molecule has 1 N–H and O–H groups in total. The Bertz CT molecular complexity index is 885. The summed E-state index contributed by atoms with van der Waals surface area (Å²) in [6, 6.07) is 7.00. The molecule has 9 heteroatoms. The van der Waals surface area contributed by atoms with Gasteiger partial charge < -0.3 is 10.0 Å². The molecular weight excluding hydrogens is 374 g/mol. The van der Waals surface area contributed by atoms with Gasteiger partial charge in [0, 0.05) is 18.4 Å². The SMILES string of the molecule is N#Cc1cc(CN2CC(F)(F)c3c(C(O)C(F)F)cccc32)c(Cl)cn1. The van der Waals surface area contributed by atoms with E-state index in [0.29, 0.717) is 5.56 Å². The summed E-state index contributed by atoms with van der Waals surface area (Å²) in [5.41, 5.74) is -0.584. The zero-order valence-corrected chi connectivity index (χ0v) is 13.9. The van der Waals surface area contributed by atoms with Crippen LogP contribution in [-0.4, -0.2) is 23.1 Å². The van der Waals surface area contributed by atoms with E-state index in [1.165, 1.54) is 29.3 Å². The van der Waals surface area contributed by atoms with Gasteiger partial charge in [-0.05, 0) is 23.3 Å². The third-order valence-corrected chi connectivity index (χ3v) is 4.48. The summed E-state index contributed by atoms with van der Waals surface area (Å²) in [4.78, 5) is 5.06. The molecular formula is C17H12ClF4N3O. The molecule has 1 aromatic heterocycles. The normalized spacial score (nSPS) is 16.5. The van der Waals surface area contributed by atoms with Crippen molar-refractivity contribution in [2.24, 2.45) is 0 Å². The summed E-state index contributed by atoms with van der Waals surface area (Å²) < 4.78 is 54.8. The van der Waals surface area contributed by atoms with Gasteiger partial charge in [0.1, 0.15) is 17.9 Å². The Kier molecular flexibility index (Phi) is 4.78. The van der Waals surface area contributed by atoms with E-state index in [9.17, 15) is 22.7 Å². The van der Waals surface area contributed by atoms with Gasteiger partial charge in [-0.25, -0.2) is 13.8 Å². The van der Waals surface area contributed by atoms with Crippen LogP contribution in [0.25, 0.3) is 0 Å². The second-order valence-electron chi connectivity index (χ2n) is 5.85. The van der Waals surface area contributed by atoms with Crippen LogP contribution in [0.1, 0.15) is 28.5 Å². The number of alkyl halides is 4. The fourth-order valence-corrected chi connectivity index (χ4v) is 3.18. The van der Waals surface area contributed by atoms with E-state index in [0.717, 1.165) is 6.07 Å². The first kappa shape index (κ1) is 18.4. The van der Waals surface area contributed by atoms with Crippen molar-refractivity contribution in [2.45, 2.75) is 25.0 Å². The molecule has 0 bridgehead atoms. The van der Waals surface area contributed by atoms with Crippen LogP contribution in [0.15, 0.2) is 30.5 Å². The maximum atomic E-state index is 14.5. The van der Waals surface area contributed by atoms with Gasteiger partial charge >= 0.3 is 0 Å². The molecule has 2 aromatic rings. The number of aliphatic hydroxyl groups is 1. The highest BCUT2D eigenvalue weighted by atomic mass is 35.5. The molecule has 0 spiro atoms. The topological polar surface area (TPSA) is 60.2 Å². The van der Waals surface area contributed by atoms with Gasteiger partial charge in [-0.2, -0.15) is 14.0 Å². The molecule has 3 rings (SSSR count). The third kappa shape index (κ3) is 3.20. The van der Waals surface area contributed by atoms with Crippen molar-refractivity contribution in [3.8, 4) is 6.07 Å². The molecule has 0 radical (unpaired) electrons. The molecule has 136 valence electrons. The van der Waals surface area contributed by atoms with Crippen LogP contribution >= 0.6 is 11.6 Å². The Balaban J connectivity index is 2.03. The average Bonchev–Trinajstić information content (AvgIpc) is 2.86. The number of hydrogen-bond acceptors (Lipinski definition) is 4. The summed E-state index contributed by atoms with van der Waals surface area (Å²) in [5.74, 6) is -3.42. The van der Waals surface area contributed by atoms with Crippen LogP contribution in [0.2, 0.25) is 5.02 Å². The lowest BCUT2D eigenvalue weighted by molar-refractivity contribution is -0.0169. The third-order valence-electron chi connectivity index (χ3n) is 4.14.